The zero-order valence-corrected chi connectivity index (χ0v) is 13.4. The summed E-state index contributed by atoms with van der Waals surface area (Å²) in [5.74, 6) is 0.727. The van der Waals surface area contributed by atoms with E-state index in [0.717, 1.165) is 0 Å². The first-order valence-corrected chi connectivity index (χ1v) is 7.64. The largest absolute Gasteiger partial charge is 0.316 e. The van der Waals surface area contributed by atoms with Crippen molar-refractivity contribution in [2.24, 2.45) is 9.98 Å². The third-order valence-electron chi connectivity index (χ3n) is 3.90. The lowest BCUT2D eigenvalue weighted by Gasteiger charge is -2.34. The van der Waals surface area contributed by atoms with E-state index in [1.807, 2.05) is 0 Å². The number of benzene rings is 1. The molecular formula is C15H10N6O3S. The summed E-state index contributed by atoms with van der Waals surface area (Å²) in [7, 11) is 0. The van der Waals surface area contributed by atoms with Crippen molar-refractivity contribution in [1.82, 2.24) is 14.9 Å². The number of fused-ring (bicyclic) bond motifs is 2. The number of nitro groups is 1. The van der Waals surface area contributed by atoms with Gasteiger partial charge in [-0.3, -0.25) is 19.9 Å². The van der Waals surface area contributed by atoms with Crippen LogP contribution in [0.25, 0.3) is 0 Å². The third-order valence-corrected chi connectivity index (χ3v) is 4.10. The monoisotopic (exact) mass is 354 g/mol. The van der Waals surface area contributed by atoms with Gasteiger partial charge < -0.3 is 9.88 Å². The third kappa shape index (κ3) is 2.48. The first-order valence-electron chi connectivity index (χ1n) is 7.23. The molecule has 4 rings (SSSR count). The van der Waals surface area contributed by atoms with Crippen molar-refractivity contribution >= 4 is 35.9 Å². The highest BCUT2D eigenvalue weighted by atomic mass is 32.1. The number of aliphatic imine (C=N–C) groups is 2. The Morgan fingerprint density at radius 1 is 1.24 bits per heavy atom. The van der Waals surface area contributed by atoms with Gasteiger partial charge >= 0.3 is 0 Å². The number of guanidine groups is 1. The quantitative estimate of drug-likeness (QED) is 0.487. The van der Waals surface area contributed by atoms with Crippen LogP contribution in [-0.2, 0) is 0 Å². The lowest BCUT2D eigenvalue weighted by molar-refractivity contribution is -0.384. The molecule has 2 N–H and O–H groups in total. The van der Waals surface area contributed by atoms with E-state index in [4.69, 9.17) is 12.2 Å². The highest BCUT2D eigenvalue weighted by Gasteiger charge is 2.34. The molecule has 0 aliphatic carbocycles. The van der Waals surface area contributed by atoms with Crippen LogP contribution in [-0.4, -0.2) is 32.0 Å². The van der Waals surface area contributed by atoms with Crippen LogP contribution in [0, 0.1) is 14.9 Å². The van der Waals surface area contributed by atoms with E-state index in [9.17, 15) is 14.9 Å². The maximum absolute atomic E-state index is 12.5. The molecular weight excluding hydrogens is 344 g/mol. The van der Waals surface area contributed by atoms with Crippen LogP contribution in [0.4, 0.5) is 11.5 Å². The lowest BCUT2D eigenvalue weighted by Crippen LogP contribution is -2.37. The van der Waals surface area contributed by atoms with Crippen LogP contribution >= 0.6 is 12.2 Å². The Kier molecular flexibility index (Phi) is 3.39. The van der Waals surface area contributed by atoms with Gasteiger partial charge in [-0.15, -0.1) is 0 Å². The molecule has 9 nitrogen and oxygen atoms in total. The molecule has 2 aliphatic rings. The Bertz CT molecular complexity index is 1080. The summed E-state index contributed by atoms with van der Waals surface area (Å²) in [6.45, 7) is 0. The highest BCUT2D eigenvalue weighted by molar-refractivity contribution is 7.71. The minimum absolute atomic E-state index is 0.0257. The number of rotatable bonds is 2. The second kappa shape index (κ2) is 5.60. The van der Waals surface area contributed by atoms with Gasteiger partial charge in [0.25, 0.3) is 11.2 Å². The molecule has 0 amide bonds. The number of nitrogens with one attached hydrogen (secondary N) is 2. The van der Waals surface area contributed by atoms with E-state index >= 15 is 0 Å². The van der Waals surface area contributed by atoms with Crippen LogP contribution in [0.2, 0.25) is 0 Å². The van der Waals surface area contributed by atoms with Crippen molar-refractivity contribution in [3.05, 3.63) is 72.9 Å². The molecule has 0 radical (unpaired) electrons. The van der Waals surface area contributed by atoms with Crippen molar-refractivity contribution in [3.8, 4) is 0 Å². The van der Waals surface area contributed by atoms with Gasteiger partial charge in [0.1, 0.15) is 5.82 Å². The molecule has 0 fully saturated rings. The smallest absolute Gasteiger partial charge is 0.269 e. The molecule has 10 heteroatoms. The Hall–Kier alpha value is -3.40. The van der Waals surface area contributed by atoms with E-state index in [-0.39, 0.29) is 16.0 Å². The Labute approximate surface area is 145 Å². The number of non-ortho nitro benzene ring substituents is 1. The van der Waals surface area contributed by atoms with Crippen LogP contribution in [0.15, 0.2) is 51.3 Å². The molecule has 25 heavy (non-hydrogen) atoms. The van der Waals surface area contributed by atoms with Gasteiger partial charge in [-0.25, -0.2) is 4.99 Å². The molecule has 1 aromatic carbocycles. The summed E-state index contributed by atoms with van der Waals surface area (Å²) in [4.78, 5) is 38.7. The summed E-state index contributed by atoms with van der Waals surface area (Å²) in [6, 6.07) is 5.49. The van der Waals surface area contributed by atoms with E-state index in [1.165, 1.54) is 12.1 Å². The summed E-state index contributed by atoms with van der Waals surface area (Å²) < 4.78 is 0.166. The number of hydrogen-bond donors (Lipinski definition) is 2. The molecule has 2 aromatic rings. The topological polar surface area (TPSA) is 120 Å². The Balaban J connectivity index is 1.94. The molecule has 0 bridgehead atoms. The SMILES string of the molecule is O=c1[nH]c(=S)[nH]c2c1C(c1ccc([N+](=O)[O-])cc1)N1C=CC=NC1=N2. The second-order valence-electron chi connectivity index (χ2n) is 5.36. The molecule has 0 saturated heterocycles. The van der Waals surface area contributed by atoms with Gasteiger partial charge in [-0.1, -0.05) is 0 Å². The van der Waals surface area contributed by atoms with E-state index in [1.54, 1.807) is 35.5 Å². The minimum atomic E-state index is -0.535. The number of nitro benzene ring substituents is 1. The van der Waals surface area contributed by atoms with Gasteiger partial charge in [-0.2, -0.15) is 4.99 Å². The Morgan fingerprint density at radius 3 is 2.72 bits per heavy atom. The Morgan fingerprint density at radius 2 is 2.00 bits per heavy atom. The fraction of sp³-hybridized carbons (Fsp3) is 0.0667. The van der Waals surface area contributed by atoms with Gasteiger partial charge in [0.2, 0.25) is 5.96 Å². The molecule has 1 aromatic heterocycles. The molecule has 1 atom stereocenters. The van der Waals surface area contributed by atoms with Gasteiger partial charge in [0, 0.05) is 24.5 Å². The van der Waals surface area contributed by atoms with Gasteiger partial charge in [-0.05, 0) is 36.0 Å². The van der Waals surface area contributed by atoms with Crippen molar-refractivity contribution in [3.63, 3.8) is 0 Å². The fourth-order valence-electron chi connectivity index (χ4n) is 2.83. The molecule has 3 heterocycles. The maximum Gasteiger partial charge on any atom is 0.269 e. The summed E-state index contributed by atoms with van der Waals surface area (Å²) >= 11 is 5.01. The van der Waals surface area contributed by atoms with Crippen molar-refractivity contribution < 1.29 is 4.92 Å². The van der Waals surface area contributed by atoms with Gasteiger partial charge in [0.15, 0.2) is 4.77 Å². The number of hydrogen-bond acceptors (Lipinski definition) is 7. The van der Waals surface area contributed by atoms with Crippen LogP contribution in [0.3, 0.4) is 0 Å². The van der Waals surface area contributed by atoms with Crippen LogP contribution < -0.4 is 5.56 Å². The summed E-state index contributed by atoms with van der Waals surface area (Å²) in [5.41, 5.74) is 0.667. The average Bonchev–Trinajstić information content (AvgIpc) is 2.59. The standard InChI is InChI=1S/C15H10N6O3S/c22-13-10-11(8-2-4-9(5-3-8)21(23)24)20-7-1-6-16-14(20)17-12(10)18-15(25)19-13/h1-7,11H,(H2,18,19,22,25). The minimum Gasteiger partial charge on any atom is -0.316 e. The number of aromatic nitrogens is 2. The summed E-state index contributed by atoms with van der Waals surface area (Å²) in [5, 5.41) is 10.9. The lowest BCUT2D eigenvalue weighted by atomic mass is 9.97. The van der Waals surface area contributed by atoms with E-state index in [0.29, 0.717) is 22.9 Å². The van der Waals surface area contributed by atoms with Crippen LogP contribution in [0.5, 0.6) is 0 Å². The summed E-state index contributed by atoms with van der Waals surface area (Å²) in [6.07, 6.45) is 5.07. The van der Waals surface area contributed by atoms with E-state index < -0.39 is 11.0 Å². The molecule has 2 aliphatic heterocycles. The normalized spacial score (nSPS) is 17.7. The van der Waals surface area contributed by atoms with Crippen molar-refractivity contribution in [2.45, 2.75) is 6.04 Å². The fourth-order valence-corrected chi connectivity index (χ4v) is 3.02. The zero-order chi connectivity index (χ0) is 17.6. The van der Waals surface area contributed by atoms with Gasteiger partial charge in [0.05, 0.1) is 16.5 Å². The first kappa shape index (κ1) is 15.1. The van der Waals surface area contributed by atoms with Crippen LogP contribution in [0.1, 0.15) is 17.2 Å². The number of nitrogens with zero attached hydrogens (tertiary/aromatic N) is 4. The number of allylic oxidation sites excluding steroid dienone is 1. The van der Waals surface area contributed by atoms with E-state index in [2.05, 4.69) is 20.0 Å². The molecule has 0 saturated carbocycles. The molecule has 124 valence electrons. The molecule has 1 unspecified atom stereocenters. The van der Waals surface area contributed by atoms with Crippen molar-refractivity contribution in [2.75, 3.05) is 0 Å². The first-order chi connectivity index (χ1) is 12.0. The predicted molar refractivity (Wildman–Crippen MR) is 93.8 cm³/mol. The molecule has 0 spiro atoms. The number of aromatic amines is 2. The average molecular weight is 354 g/mol. The van der Waals surface area contributed by atoms with Crippen molar-refractivity contribution in [1.29, 1.82) is 0 Å². The number of H-pyrrole nitrogens is 2. The maximum atomic E-state index is 12.5. The highest BCUT2D eigenvalue weighted by Crippen LogP contribution is 2.37. The predicted octanol–water partition coefficient (Wildman–Crippen LogP) is 2.33. The second-order valence-corrected chi connectivity index (χ2v) is 5.77. The zero-order valence-electron chi connectivity index (χ0n) is 12.5.